The number of rotatable bonds is 7. The van der Waals surface area contributed by atoms with Gasteiger partial charge in [-0.25, -0.2) is 10.2 Å². The second kappa shape index (κ2) is 11.9. The first-order valence-corrected chi connectivity index (χ1v) is 13.7. The van der Waals surface area contributed by atoms with Gasteiger partial charge in [-0.2, -0.15) is 5.10 Å². The number of amides is 1. The lowest BCUT2D eigenvalue weighted by Crippen LogP contribution is -2.19. The van der Waals surface area contributed by atoms with E-state index in [0.29, 0.717) is 33.2 Å². The summed E-state index contributed by atoms with van der Waals surface area (Å²) in [6.45, 7) is 1.90. The normalized spacial score (nSPS) is 11.1. The highest BCUT2D eigenvalue weighted by atomic mass is 127. The van der Waals surface area contributed by atoms with Crippen molar-refractivity contribution >= 4 is 63.2 Å². The summed E-state index contributed by atoms with van der Waals surface area (Å²) in [4.78, 5) is 29.1. The van der Waals surface area contributed by atoms with Gasteiger partial charge in [-0.05, 0) is 77.5 Å². The molecule has 0 atom stereocenters. The Labute approximate surface area is 249 Å². The van der Waals surface area contributed by atoms with Gasteiger partial charge in [0.05, 0.1) is 24.4 Å². The molecule has 0 saturated heterocycles. The van der Waals surface area contributed by atoms with E-state index in [1.807, 2.05) is 49.4 Å². The lowest BCUT2D eigenvalue weighted by Gasteiger charge is -2.10. The lowest BCUT2D eigenvalue weighted by molar-refractivity contribution is 0.0729. The van der Waals surface area contributed by atoms with Crippen molar-refractivity contribution in [2.75, 3.05) is 7.11 Å². The third-order valence-corrected chi connectivity index (χ3v) is 7.41. The first-order chi connectivity index (χ1) is 19.4. The lowest BCUT2D eigenvalue weighted by atomic mass is 10.0. The highest BCUT2D eigenvalue weighted by Gasteiger charge is 2.21. The minimum absolute atomic E-state index is 0.271. The van der Waals surface area contributed by atoms with Crippen LogP contribution in [0.3, 0.4) is 0 Å². The van der Waals surface area contributed by atoms with Gasteiger partial charge in [0.1, 0.15) is 5.69 Å². The number of esters is 1. The number of aryl methyl sites for hydroxylation is 1. The van der Waals surface area contributed by atoms with E-state index in [9.17, 15) is 9.59 Å². The molecule has 0 spiro atoms. The molecule has 7 nitrogen and oxygen atoms in total. The van der Waals surface area contributed by atoms with E-state index in [-0.39, 0.29) is 5.75 Å². The Balaban J connectivity index is 1.37. The number of hydrazone groups is 1. The second-order valence-corrected chi connectivity index (χ2v) is 10.5. The fourth-order valence-corrected chi connectivity index (χ4v) is 5.16. The Kier molecular flexibility index (Phi) is 8.18. The molecule has 5 rings (SSSR count). The largest absolute Gasteiger partial charge is 0.493 e. The van der Waals surface area contributed by atoms with E-state index in [1.54, 1.807) is 42.5 Å². The number of nitrogens with one attached hydrogen (secondary N) is 2. The maximum Gasteiger partial charge on any atom is 0.343 e. The van der Waals surface area contributed by atoms with Crippen molar-refractivity contribution in [2.24, 2.45) is 5.10 Å². The third-order valence-electron chi connectivity index (χ3n) is 6.18. The van der Waals surface area contributed by atoms with Crippen LogP contribution in [0.2, 0.25) is 5.02 Å². The summed E-state index contributed by atoms with van der Waals surface area (Å²) in [5.74, 6) is -0.290. The fraction of sp³-hybridized carbons (Fsp3) is 0.0645. The standard InChI is InChI=1S/C31H23ClIN3O4/c1-18-7-5-8-20(15-18)31(38)40-25-14-13-19(16-26(25)39-2)17-34-36-30(37)29-27(21-9-3-4-11-23(21)32)22-10-6-12-24(33)28(22)35-29/h3-17,35H,1-2H3,(H,36,37). The number of carbonyl (C=O) groups is 2. The highest BCUT2D eigenvalue weighted by molar-refractivity contribution is 14.1. The molecule has 0 unspecified atom stereocenters. The zero-order chi connectivity index (χ0) is 28.2. The molecule has 5 aromatic rings. The fourth-order valence-electron chi connectivity index (χ4n) is 4.30. The number of ether oxygens (including phenoxy) is 2. The van der Waals surface area contributed by atoms with E-state index in [1.165, 1.54) is 13.3 Å². The maximum absolute atomic E-state index is 13.3. The van der Waals surface area contributed by atoms with Crippen molar-refractivity contribution in [3.05, 3.63) is 116 Å². The quantitative estimate of drug-likeness (QED) is 0.0625. The van der Waals surface area contributed by atoms with Gasteiger partial charge in [0.25, 0.3) is 5.91 Å². The number of hydrogen-bond acceptors (Lipinski definition) is 5. The van der Waals surface area contributed by atoms with Crippen LogP contribution >= 0.6 is 34.2 Å². The number of para-hydroxylation sites is 1. The first-order valence-electron chi connectivity index (χ1n) is 12.2. The van der Waals surface area contributed by atoms with Crippen molar-refractivity contribution in [2.45, 2.75) is 6.92 Å². The first kappa shape index (κ1) is 27.4. The molecule has 1 amide bonds. The molecule has 0 saturated carbocycles. The number of nitrogens with zero attached hydrogens (tertiary/aromatic N) is 1. The molecule has 4 aromatic carbocycles. The number of aromatic amines is 1. The molecule has 0 aliphatic rings. The minimum Gasteiger partial charge on any atom is -0.493 e. The molecule has 0 bridgehead atoms. The average molecular weight is 664 g/mol. The van der Waals surface area contributed by atoms with Crippen molar-refractivity contribution in [3.8, 4) is 22.6 Å². The van der Waals surface area contributed by atoms with E-state index >= 15 is 0 Å². The molecule has 0 radical (unpaired) electrons. The zero-order valence-corrected chi connectivity index (χ0v) is 24.4. The van der Waals surface area contributed by atoms with Gasteiger partial charge in [0.15, 0.2) is 11.5 Å². The van der Waals surface area contributed by atoms with Gasteiger partial charge in [0.2, 0.25) is 0 Å². The van der Waals surface area contributed by atoms with E-state index in [4.69, 9.17) is 21.1 Å². The molecular formula is C31H23ClIN3O4. The van der Waals surface area contributed by atoms with Crippen LogP contribution in [0.5, 0.6) is 11.5 Å². The summed E-state index contributed by atoms with van der Waals surface area (Å²) in [6, 6.07) is 25.4. The maximum atomic E-state index is 13.3. The summed E-state index contributed by atoms with van der Waals surface area (Å²) in [5.41, 5.74) is 7.26. The van der Waals surface area contributed by atoms with Crippen LogP contribution in [-0.4, -0.2) is 30.2 Å². The van der Waals surface area contributed by atoms with Gasteiger partial charge in [-0.3, -0.25) is 4.79 Å². The smallest absolute Gasteiger partial charge is 0.343 e. The van der Waals surface area contributed by atoms with Gasteiger partial charge in [0, 0.05) is 25.1 Å². The SMILES string of the molecule is COc1cc(C=NNC(=O)c2[nH]c3c(I)cccc3c2-c2ccccc2Cl)ccc1OC(=O)c1cccc(C)c1. The number of H-pyrrole nitrogens is 1. The van der Waals surface area contributed by atoms with Gasteiger partial charge < -0.3 is 14.5 Å². The Morgan fingerprint density at radius 3 is 2.55 bits per heavy atom. The van der Waals surface area contributed by atoms with Crippen LogP contribution in [0.15, 0.2) is 90.0 Å². The second-order valence-electron chi connectivity index (χ2n) is 8.89. The monoisotopic (exact) mass is 663 g/mol. The van der Waals surface area contributed by atoms with Crippen LogP contribution in [0.25, 0.3) is 22.0 Å². The van der Waals surface area contributed by atoms with Gasteiger partial charge in [-0.1, -0.05) is 59.6 Å². The number of fused-ring (bicyclic) bond motifs is 1. The molecule has 0 aliphatic carbocycles. The Morgan fingerprint density at radius 1 is 0.975 bits per heavy atom. The van der Waals surface area contributed by atoms with Crippen LogP contribution in [0.4, 0.5) is 0 Å². The molecule has 0 aliphatic heterocycles. The minimum atomic E-state index is -0.488. The summed E-state index contributed by atoms with van der Waals surface area (Å²) in [6.07, 6.45) is 1.48. The summed E-state index contributed by atoms with van der Waals surface area (Å²) in [5, 5.41) is 5.57. The van der Waals surface area contributed by atoms with Crippen LogP contribution < -0.4 is 14.9 Å². The Bertz CT molecular complexity index is 1780. The molecule has 1 heterocycles. The zero-order valence-electron chi connectivity index (χ0n) is 21.5. The van der Waals surface area contributed by atoms with E-state index in [2.05, 4.69) is 38.1 Å². The predicted octanol–water partition coefficient (Wildman–Crippen LogP) is 7.39. The molecule has 1 aromatic heterocycles. The summed E-state index contributed by atoms with van der Waals surface area (Å²) >= 11 is 8.74. The van der Waals surface area contributed by atoms with Gasteiger partial charge in [-0.15, -0.1) is 0 Å². The van der Waals surface area contributed by atoms with Crippen LogP contribution in [-0.2, 0) is 0 Å². The molecule has 200 valence electrons. The number of aromatic nitrogens is 1. The van der Waals surface area contributed by atoms with E-state index < -0.39 is 11.9 Å². The van der Waals surface area contributed by atoms with Crippen LogP contribution in [0.1, 0.15) is 32.0 Å². The Hall–Kier alpha value is -4.15. The van der Waals surface area contributed by atoms with Crippen molar-refractivity contribution < 1.29 is 19.1 Å². The van der Waals surface area contributed by atoms with Crippen molar-refractivity contribution in [1.82, 2.24) is 10.4 Å². The Morgan fingerprint density at radius 2 is 1.77 bits per heavy atom. The highest BCUT2D eigenvalue weighted by Crippen LogP contribution is 2.38. The van der Waals surface area contributed by atoms with Crippen LogP contribution in [0, 0.1) is 10.5 Å². The molecule has 0 fully saturated rings. The molecule has 9 heteroatoms. The number of hydrogen-bond donors (Lipinski definition) is 2. The van der Waals surface area contributed by atoms with Crippen molar-refractivity contribution in [3.63, 3.8) is 0 Å². The summed E-state index contributed by atoms with van der Waals surface area (Å²) in [7, 11) is 1.48. The van der Waals surface area contributed by atoms with Crippen molar-refractivity contribution in [1.29, 1.82) is 0 Å². The van der Waals surface area contributed by atoms with Gasteiger partial charge >= 0.3 is 5.97 Å². The topological polar surface area (TPSA) is 92.8 Å². The molecule has 2 N–H and O–H groups in total. The molecule has 40 heavy (non-hydrogen) atoms. The average Bonchev–Trinajstić information content (AvgIpc) is 3.35. The predicted molar refractivity (Wildman–Crippen MR) is 166 cm³/mol. The summed E-state index contributed by atoms with van der Waals surface area (Å²) < 4.78 is 11.9. The number of halogens is 2. The number of carbonyl (C=O) groups excluding carboxylic acids is 2. The number of benzene rings is 4. The van der Waals surface area contributed by atoms with E-state index in [0.717, 1.165) is 25.6 Å². The molecular weight excluding hydrogens is 641 g/mol. The third kappa shape index (κ3) is 5.73. The number of methoxy groups -OCH3 is 1.